The van der Waals surface area contributed by atoms with Gasteiger partial charge in [-0.3, -0.25) is 0 Å². The fraction of sp³-hybridized carbons (Fsp3) is 0.263. The third-order valence-corrected chi connectivity index (χ3v) is 3.13. The summed E-state index contributed by atoms with van der Waals surface area (Å²) in [6.45, 7) is 7.47. The van der Waals surface area contributed by atoms with Crippen LogP contribution in [-0.4, -0.2) is 11.6 Å². The molecular formula is C19H19NO2. The maximum atomic E-state index is 12.0. The average Bonchev–Trinajstić information content (AvgIpc) is 2.45. The van der Waals surface area contributed by atoms with Gasteiger partial charge in [0.2, 0.25) is 0 Å². The molecule has 0 unspecified atom stereocenters. The quantitative estimate of drug-likeness (QED) is 0.766. The molecule has 0 aliphatic rings. The smallest absolute Gasteiger partial charge is 0.338 e. The molecule has 3 nitrogen and oxygen atoms in total. The molecule has 0 N–H and O–H groups in total. The summed E-state index contributed by atoms with van der Waals surface area (Å²) < 4.78 is 5.34. The maximum absolute atomic E-state index is 12.0. The lowest BCUT2D eigenvalue weighted by atomic mass is 9.97. The van der Waals surface area contributed by atoms with Crippen molar-refractivity contribution in [2.24, 2.45) is 0 Å². The Kier molecular flexibility index (Phi) is 4.32. The highest BCUT2D eigenvalue weighted by Crippen LogP contribution is 2.25. The van der Waals surface area contributed by atoms with E-state index in [0.29, 0.717) is 11.1 Å². The van der Waals surface area contributed by atoms with Gasteiger partial charge in [0.05, 0.1) is 17.2 Å². The van der Waals surface area contributed by atoms with Crippen LogP contribution in [0, 0.1) is 18.3 Å². The molecule has 0 aromatic heterocycles. The number of carbonyl (C=O) groups excluding carboxylic acids is 1. The normalized spacial score (nSPS) is 10.9. The molecule has 0 spiro atoms. The van der Waals surface area contributed by atoms with Crippen LogP contribution in [0.2, 0.25) is 0 Å². The van der Waals surface area contributed by atoms with E-state index in [1.807, 2.05) is 58.0 Å². The van der Waals surface area contributed by atoms with Gasteiger partial charge in [0.25, 0.3) is 0 Å². The van der Waals surface area contributed by atoms with Gasteiger partial charge in [0, 0.05) is 0 Å². The van der Waals surface area contributed by atoms with Gasteiger partial charge in [0.15, 0.2) is 0 Å². The van der Waals surface area contributed by atoms with Gasteiger partial charge in [-0.15, -0.1) is 0 Å². The lowest BCUT2D eigenvalue weighted by Crippen LogP contribution is -2.23. The molecule has 0 fully saturated rings. The number of ether oxygens (including phenoxy) is 1. The maximum Gasteiger partial charge on any atom is 0.338 e. The second-order valence-corrected chi connectivity index (χ2v) is 6.24. The van der Waals surface area contributed by atoms with E-state index in [0.717, 1.165) is 16.7 Å². The van der Waals surface area contributed by atoms with Crippen LogP contribution in [0.5, 0.6) is 0 Å². The summed E-state index contributed by atoms with van der Waals surface area (Å²) in [5.41, 5.74) is 3.44. The zero-order valence-electron chi connectivity index (χ0n) is 13.3. The minimum absolute atomic E-state index is 0.344. The molecule has 0 aliphatic heterocycles. The minimum Gasteiger partial charge on any atom is -0.456 e. The van der Waals surface area contributed by atoms with E-state index in [1.54, 1.807) is 12.1 Å². The highest BCUT2D eigenvalue weighted by atomic mass is 16.6. The molecular weight excluding hydrogens is 274 g/mol. The van der Waals surface area contributed by atoms with E-state index in [4.69, 9.17) is 4.74 Å². The monoisotopic (exact) mass is 293 g/mol. The van der Waals surface area contributed by atoms with Crippen LogP contribution in [0.25, 0.3) is 11.1 Å². The van der Waals surface area contributed by atoms with E-state index < -0.39 is 5.60 Å². The van der Waals surface area contributed by atoms with E-state index in [9.17, 15) is 10.1 Å². The van der Waals surface area contributed by atoms with Crippen LogP contribution in [0.4, 0.5) is 0 Å². The summed E-state index contributed by atoms with van der Waals surface area (Å²) in [4.78, 5) is 12.0. The molecule has 0 amide bonds. The first kappa shape index (κ1) is 15.8. The van der Waals surface area contributed by atoms with Crippen molar-refractivity contribution in [2.75, 3.05) is 0 Å². The number of nitrogens with zero attached hydrogens (tertiary/aromatic N) is 1. The van der Waals surface area contributed by atoms with Crippen LogP contribution < -0.4 is 0 Å². The number of hydrogen-bond donors (Lipinski definition) is 0. The standard InChI is InChI=1S/C19H19NO2/c1-13-5-10-17(16(11-13)12-20)14-6-8-15(9-7-14)18(21)22-19(2,3)4/h5-11H,1-4H3. The van der Waals surface area contributed by atoms with E-state index >= 15 is 0 Å². The Labute approximate surface area is 131 Å². The Morgan fingerprint density at radius 1 is 1.09 bits per heavy atom. The number of rotatable bonds is 2. The second kappa shape index (κ2) is 6.03. The fourth-order valence-electron chi connectivity index (χ4n) is 2.13. The Hall–Kier alpha value is -2.60. The van der Waals surface area contributed by atoms with Crippen molar-refractivity contribution in [1.29, 1.82) is 5.26 Å². The number of carbonyl (C=O) groups is 1. The molecule has 2 rings (SSSR count). The van der Waals surface area contributed by atoms with Crippen molar-refractivity contribution in [3.8, 4) is 17.2 Å². The highest BCUT2D eigenvalue weighted by Gasteiger charge is 2.17. The number of nitriles is 1. The molecule has 0 bridgehead atoms. The largest absolute Gasteiger partial charge is 0.456 e. The van der Waals surface area contributed by atoms with Crippen molar-refractivity contribution in [1.82, 2.24) is 0 Å². The molecule has 0 heterocycles. The lowest BCUT2D eigenvalue weighted by Gasteiger charge is -2.19. The minimum atomic E-state index is -0.513. The lowest BCUT2D eigenvalue weighted by molar-refractivity contribution is 0.00696. The van der Waals surface area contributed by atoms with Crippen LogP contribution in [-0.2, 0) is 4.74 Å². The van der Waals surface area contributed by atoms with Gasteiger partial charge in [-0.25, -0.2) is 4.79 Å². The number of hydrogen-bond acceptors (Lipinski definition) is 3. The third-order valence-electron chi connectivity index (χ3n) is 3.13. The molecule has 0 radical (unpaired) electrons. The molecule has 0 saturated heterocycles. The Morgan fingerprint density at radius 2 is 1.73 bits per heavy atom. The van der Waals surface area contributed by atoms with Crippen molar-refractivity contribution in [3.05, 3.63) is 59.2 Å². The van der Waals surface area contributed by atoms with E-state index in [1.165, 1.54) is 0 Å². The molecule has 0 aliphatic carbocycles. The van der Waals surface area contributed by atoms with E-state index in [-0.39, 0.29) is 5.97 Å². The molecule has 3 heteroatoms. The summed E-state index contributed by atoms with van der Waals surface area (Å²) in [7, 11) is 0. The number of esters is 1. The predicted molar refractivity (Wildman–Crippen MR) is 86.5 cm³/mol. The van der Waals surface area contributed by atoms with Gasteiger partial charge < -0.3 is 4.74 Å². The Balaban J connectivity index is 2.30. The first-order chi connectivity index (χ1) is 10.3. The first-order valence-corrected chi connectivity index (χ1v) is 7.15. The number of aryl methyl sites for hydroxylation is 1. The molecule has 0 saturated carbocycles. The zero-order valence-corrected chi connectivity index (χ0v) is 13.3. The summed E-state index contributed by atoms with van der Waals surface area (Å²) in [5.74, 6) is -0.344. The summed E-state index contributed by atoms with van der Waals surface area (Å²) in [6, 6.07) is 15.1. The van der Waals surface area contributed by atoms with Crippen LogP contribution in [0.1, 0.15) is 42.3 Å². The summed E-state index contributed by atoms with van der Waals surface area (Å²) >= 11 is 0. The van der Waals surface area contributed by atoms with Crippen molar-refractivity contribution in [3.63, 3.8) is 0 Å². The molecule has 2 aromatic carbocycles. The molecule has 2 aromatic rings. The number of benzene rings is 2. The van der Waals surface area contributed by atoms with Crippen molar-refractivity contribution >= 4 is 5.97 Å². The van der Waals surface area contributed by atoms with Crippen LogP contribution in [0.3, 0.4) is 0 Å². The van der Waals surface area contributed by atoms with Gasteiger partial charge in [-0.1, -0.05) is 24.3 Å². The first-order valence-electron chi connectivity index (χ1n) is 7.15. The molecule has 22 heavy (non-hydrogen) atoms. The van der Waals surface area contributed by atoms with Gasteiger partial charge >= 0.3 is 5.97 Å². The second-order valence-electron chi connectivity index (χ2n) is 6.24. The summed E-state index contributed by atoms with van der Waals surface area (Å²) in [6.07, 6.45) is 0. The van der Waals surface area contributed by atoms with Gasteiger partial charge in [0.1, 0.15) is 5.60 Å². The average molecular weight is 293 g/mol. The SMILES string of the molecule is Cc1ccc(-c2ccc(C(=O)OC(C)(C)C)cc2)c(C#N)c1. The van der Waals surface area contributed by atoms with Crippen molar-refractivity contribution in [2.45, 2.75) is 33.3 Å². The Morgan fingerprint density at radius 3 is 2.27 bits per heavy atom. The third kappa shape index (κ3) is 3.73. The highest BCUT2D eigenvalue weighted by molar-refractivity contribution is 5.90. The Bertz CT molecular complexity index is 732. The molecule has 112 valence electrons. The van der Waals surface area contributed by atoms with Gasteiger partial charge in [-0.2, -0.15) is 5.26 Å². The van der Waals surface area contributed by atoms with E-state index in [2.05, 4.69) is 6.07 Å². The zero-order chi connectivity index (χ0) is 16.3. The predicted octanol–water partition coefficient (Wildman–Crippen LogP) is 4.49. The van der Waals surface area contributed by atoms with Crippen LogP contribution in [0.15, 0.2) is 42.5 Å². The van der Waals surface area contributed by atoms with Crippen LogP contribution >= 0.6 is 0 Å². The molecule has 0 atom stereocenters. The topological polar surface area (TPSA) is 50.1 Å². The van der Waals surface area contributed by atoms with Crippen molar-refractivity contribution < 1.29 is 9.53 Å². The fourth-order valence-corrected chi connectivity index (χ4v) is 2.13. The van der Waals surface area contributed by atoms with Gasteiger partial charge in [-0.05, 0) is 62.6 Å². The summed E-state index contributed by atoms with van der Waals surface area (Å²) in [5, 5.41) is 9.25.